The molecular weight excluding hydrogens is 264 g/mol. The third kappa shape index (κ3) is 3.77. The summed E-state index contributed by atoms with van der Waals surface area (Å²) in [6.07, 6.45) is 4.13. The second kappa shape index (κ2) is 5.79. The predicted octanol–water partition coefficient (Wildman–Crippen LogP) is 1.73. The van der Waals surface area contributed by atoms with E-state index in [9.17, 15) is 0 Å². The molecule has 6 heteroatoms. The second-order valence-electron chi connectivity index (χ2n) is 5.89. The molecule has 0 radical (unpaired) electrons. The van der Waals surface area contributed by atoms with Gasteiger partial charge in [0.25, 0.3) is 0 Å². The SMILES string of the molecule is CC1CC2CC(C)O[Si](CCCOCC3CO3)(O1)O2. The quantitative estimate of drug-likeness (QED) is 0.423. The van der Waals surface area contributed by atoms with Gasteiger partial charge in [-0.25, -0.2) is 0 Å². The molecule has 0 aromatic carbocycles. The van der Waals surface area contributed by atoms with Crippen LogP contribution in [0.25, 0.3) is 0 Å². The van der Waals surface area contributed by atoms with E-state index in [0.717, 1.165) is 38.5 Å². The maximum Gasteiger partial charge on any atom is 0.501 e. The lowest BCUT2D eigenvalue weighted by Gasteiger charge is -2.47. The Morgan fingerprint density at radius 3 is 2.42 bits per heavy atom. The van der Waals surface area contributed by atoms with Gasteiger partial charge in [0.2, 0.25) is 0 Å². The highest BCUT2D eigenvalue weighted by atomic mass is 28.4. The summed E-state index contributed by atoms with van der Waals surface area (Å²) in [4.78, 5) is 0. The van der Waals surface area contributed by atoms with E-state index in [1.165, 1.54) is 0 Å². The summed E-state index contributed by atoms with van der Waals surface area (Å²) in [6, 6.07) is 0.865. The zero-order valence-corrected chi connectivity index (χ0v) is 12.8. The third-order valence-electron chi connectivity index (χ3n) is 3.78. The monoisotopic (exact) mass is 288 g/mol. The lowest BCUT2D eigenvalue weighted by molar-refractivity contribution is -0.110. The van der Waals surface area contributed by atoms with Crippen molar-refractivity contribution in [2.45, 2.75) is 63.6 Å². The summed E-state index contributed by atoms with van der Waals surface area (Å²) >= 11 is 0. The van der Waals surface area contributed by atoms with E-state index in [0.29, 0.717) is 18.8 Å². The van der Waals surface area contributed by atoms with E-state index in [1.54, 1.807) is 0 Å². The first-order chi connectivity index (χ1) is 9.15. The van der Waals surface area contributed by atoms with Crippen LogP contribution in [0, 0.1) is 0 Å². The van der Waals surface area contributed by atoms with Gasteiger partial charge in [0.1, 0.15) is 6.10 Å². The highest BCUT2D eigenvalue weighted by Crippen LogP contribution is 2.36. The largest absolute Gasteiger partial charge is 0.501 e. The molecule has 3 unspecified atom stereocenters. The lowest BCUT2D eigenvalue weighted by atomic mass is 10.1. The zero-order chi connectivity index (χ0) is 13.3. The zero-order valence-electron chi connectivity index (χ0n) is 11.8. The first-order valence-corrected chi connectivity index (χ1v) is 9.31. The number of hydrogen-bond donors (Lipinski definition) is 0. The fourth-order valence-electron chi connectivity index (χ4n) is 2.93. The molecule has 3 heterocycles. The Labute approximate surface area is 115 Å². The van der Waals surface area contributed by atoms with E-state index < -0.39 is 8.80 Å². The molecule has 3 saturated heterocycles. The number of epoxide rings is 1. The van der Waals surface area contributed by atoms with Crippen molar-refractivity contribution in [3.05, 3.63) is 0 Å². The molecule has 5 nitrogen and oxygen atoms in total. The summed E-state index contributed by atoms with van der Waals surface area (Å²) in [6.45, 7) is 6.55. The Kier molecular flexibility index (Phi) is 4.26. The van der Waals surface area contributed by atoms with E-state index in [-0.39, 0.29) is 12.2 Å². The molecule has 3 aliphatic heterocycles. The maximum atomic E-state index is 6.10. The highest BCUT2D eigenvalue weighted by Gasteiger charge is 2.52. The van der Waals surface area contributed by atoms with Crippen molar-refractivity contribution < 1.29 is 22.8 Å². The van der Waals surface area contributed by atoms with Crippen LogP contribution in [-0.4, -0.2) is 53.0 Å². The van der Waals surface area contributed by atoms with Crippen LogP contribution in [0.2, 0.25) is 6.04 Å². The molecule has 19 heavy (non-hydrogen) atoms. The standard InChI is InChI=1S/C13H24O5Si/c1-10-6-12-7-11(2)17-19(16-10,18-12)5-3-4-14-8-13-9-15-13/h10-13H,3-9H2,1-2H3. The lowest BCUT2D eigenvalue weighted by Crippen LogP contribution is -2.60. The van der Waals surface area contributed by atoms with E-state index in [2.05, 4.69) is 13.8 Å². The Balaban J connectivity index is 1.45. The molecule has 0 saturated carbocycles. The van der Waals surface area contributed by atoms with Gasteiger partial charge in [0.15, 0.2) is 0 Å². The van der Waals surface area contributed by atoms with Crippen molar-refractivity contribution in [1.29, 1.82) is 0 Å². The predicted molar refractivity (Wildman–Crippen MR) is 70.9 cm³/mol. The van der Waals surface area contributed by atoms with Gasteiger partial charge in [0, 0.05) is 24.9 Å². The molecule has 3 atom stereocenters. The number of rotatable bonds is 6. The van der Waals surface area contributed by atoms with Crippen molar-refractivity contribution in [3.63, 3.8) is 0 Å². The molecule has 0 N–H and O–H groups in total. The normalized spacial score (nSPS) is 45.2. The average Bonchev–Trinajstić information content (AvgIpc) is 3.10. The fraction of sp³-hybridized carbons (Fsp3) is 1.00. The van der Waals surface area contributed by atoms with Gasteiger partial charge in [-0.15, -0.1) is 0 Å². The summed E-state index contributed by atoms with van der Waals surface area (Å²) < 4.78 is 28.9. The van der Waals surface area contributed by atoms with Gasteiger partial charge >= 0.3 is 8.80 Å². The molecule has 0 aromatic heterocycles. The van der Waals surface area contributed by atoms with Gasteiger partial charge in [0.05, 0.1) is 19.3 Å². The fourth-order valence-corrected chi connectivity index (χ4v) is 6.14. The molecular formula is C13H24O5Si. The summed E-state index contributed by atoms with van der Waals surface area (Å²) in [5.74, 6) is 0. The molecule has 0 amide bonds. The molecule has 0 aromatic rings. The van der Waals surface area contributed by atoms with Crippen LogP contribution in [0.1, 0.15) is 33.1 Å². The van der Waals surface area contributed by atoms with Gasteiger partial charge in [-0.2, -0.15) is 0 Å². The van der Waals surface area contributed by atoms with Crippen LogP contribution in [0.5, 0.6) is 0 Å². The van der Waals surface area contributed by atoms with Crippen molar-refractivity contribution in [2.75, 3.05) is 19.8 Å². The van der Waals surface area contributed by atoms with Gasteiger partial charge in [-0.3, -0.25) is 0 Å². The van der Waals surface area contributed by atoms with Crippen molar-refractivity contribution in [1.82, 2.24) is 0 Å². The number of ether oxygens (including phenoxy) is 2. The van der Waals surface area contributed by atoms with Gasteiger partial charge in [-0.05, 0) is 33.1 Å². The van der Waals surface area contributed by atoms with Crippen LogP contribution in [0.3, 0.4) is 0 Å². The van der Waals surface area contributed by atoms with Crippen LogP contribution in [-0.2, 0) is 22.8 Å². The minimum absolute atomic E-state index is 0.263. The van der Waals surface area contributed by atoms with Crippen LogP contribution < -0.4 is 0 Å². The van der Waals surface area contributed by atoms with Crippen LogP contribution >= 0.6 is 0 Å². The molecule has 3 fully saturated rings. The second-order valence-corrected chi connectivity index (χ2v) is 8.46. The molecule has 110 valence electrons. The topological polar surface area (TPSA) is 49.5 Å². The van der Waals surface area contributed by atoms with Gasteiger partial charge in [-0.1, -0.05) is 0 Å². The summed E-state index contributed by atoms with van der Waals surface area (Å²) in [7, 11) is -2.43. The molecule has 0 spiro atoms. The molecule has 3 aliphatic rings. The Hall–Kier alpha value is 0.0169. The van der Waals surface area contributed by atoms with E-state index >= 15 is 0 Å². The van der Waals surface area contributed by atoms with E-state index in [4.69, 9.17) is 22.8 Å². The summed E-state index contributed by atoms with van der Waals surface area (Å²) in [5.41, 5.74) is 0. The minimum atomic E-state index is -2.43. The Bertz CT molecular complexity index is 290. The molecule has 3 rings (SSSR count). The number of fused-ring (bicyclic) bond motifs is 2. The van der Waals surface area contributed by atoms with Gasteiger partial charge < -0.3 is 22.8 Å². The number of hydrogen-bond acceptors (Lipinski definition) is 5. The maximum absolute atomic E-state index is 6.10. The summed E-state index contributed by atoms with van der Waals surface area (Å²) in [5, 5.41) is 0. The van der Waals surface area contributed by atoms with Crippen LogP contribution in [0.15, 0.2) is 0 Å². The van der Waals surface area contributed by atoms with E-state index in [1.807, 2.05) is 0 Å². The van der Waals surface area contributed by atoms with Crippen LogP contribution in [0.4, 0.5) is 0 Å². The first-order valence-electron chi connectivity index (χ1n) is 7.38. The Morgan fingerprint density at radius 2 is 1.79 bits per heavy atom. The molecule has 2 bridgehead atoms. The van der Waals surface area contributed by atoms with Crippen molar-refractivity contribution >= 4 is 8.80 Å². The van der Waals surface area contributed by atoms with Crippen molar-refractivity contribution in [3.8, 4) is 0 Å². The minimum Gasteiger partial charge on any atom is -0.379 e. The van der Waals surface area contributed by atoms with Crippen molar-refractivity contribution in [2.24, 2.45) is 0 Å². The first kappa shape index (κ1) is 14.0. The smallest absolute Gasteiger partial charge is 0.379 e. The average molecular weight is 288 g/mol. The third-order valence-corrected chi connectivity index (χ3v) is 6.96. The molecule has 0 aliphatic carbocycles. The Morgan fingerprint density at radius 1 is 1.11 bits per heavy atom. The highest BCUT2D eigenvalue weighted by molar-refractivity contribution is 6.61.